The Bertz CT molecular complexity index is 448. The lowest BCUT2D eigenvalue weighted by atomic mass is 9.87. The van der Waals surface area contributed by atoms with Crippen molar-refractivity contribution in [1.29, 1.82) is 0 Å². The van der Waals surface area contributed by atoms with Gasteiger partial charge in [0.1, 0.15) is 0 Å². The molecule has 3 N–H and O–H groups in total. The Morgan fingerprint density at radius 3 is 1.94 bits per heavy atom. The lowest BCUT2D eigenvalue weighted by Crippen LogP contribution is -2.40. The molecule has 0 aromatic rings. The highest BCUT2D eigenvalue weighted by Crippen LogP contribution is 2.28. The third-order valence-corrected chi connectivity index (χ3v) is 4.62. The molecule has 1 saturated carbocycles. The molecule has 0 bridgehead atoms. The molecule has 102 valence electrons. The molecule has 0 amide bonds. The summed E-state index contributed by atoms with van der Waals surface area (Å²) in [4.78, 5) is 0. The second-order valence-corrected chi connectivity index (χ2v) is 7.70. The Hall–Kier alpha value is -0.220. The van der Waals surface area contributed by atoms with Gasteiger partial charge < -0.3 is 5.11 Å². The van der Waals surface area contributed by atoms with Crippen molar-refractivity contribution in [2.45, 2.75) is 37.2 Å². The summed E-state index contributed by atoms with van der Waals surface area (Å²) in [6.07, 6.45) is 2.67. The van der Waals surface area contributed by atoms with Crippen LogP contribution in [0.25, 0.3) is 0 Å². The summed E-state index contributed by atoms with van der Waals surface area (Å²) < 4.78 is 54.6. The van der Waals surface area contributed by atoms with Crippen molar-refractivity contribution in [1.82, 2.24) is 4.72 Å². The van der Waals surface area contributed by atoms with Crippen molar-refractivity contribution in [3.63, 3.8) is 0 Å². The second-order valence-electron chi connectivity index (χ2n) is 4.41. The largest absolute Gasteiger partial charge is 0.375 e. The average Bonchev–Trinajstić information content (AvgIpc) is 2.14. The van der Waals surface area contributed by atoms with Gasteiger partial charge in [-0.15, -0.1) is 0 Å². The second kappa shape index (κ2) is 5.19. The summed E-state index contributed by atoms with van der Waals surface area (Å²) >= 11 is 0. The number of hydrogen-bond donors (Lipinski definition) is 3. The van der Waals surface area contributed by atoms with E-state index in [9.17, 15) is 21.9 Å². The quantitative estimate of drug-likeness (QED) is 0.588. The van der Waals surface area contributed by atoms with Gasteiger partial charge in [-0.1, -0.05) is 0 Å². The van der Waals surface area contributed by atoms with Crippen LogP contribution in [0.5, 0.6) is 0 Å². The molecule has 1 unspecified atom stereocenters. The van der Waals surface area contributed by atoms with Crippen LogP contribution < -0.4 is 4.72 Å². The summed E-state index contributed by atoms with van der Waals surface area (Å²) in [5.41, 5.74) is -1.78. The molecule has 1 aliphatic rings. The highest BCUT2D eigenvalue weighted by molar-refractivity contribution is 7.88. The fourth-order valence-corrected chi connectivity index (χ4v) is 3.67. The minimum Gasteiger partial charge on any atom is -0.375 e. The summed E-state index contributed by atoms with van der Waals surface area (Å²) in [6.45, 7) is 0. The third kappa shape index (κ3) is 4.88. The van der Waals surface area contributed by atoms with Crippen LogP contribution in [0.2, 0.25) is 0 Å². The Balaban J connectivity index is 2.52. The molecule has 1 rings (SSSR count). The van der Waals surface area contributed by atoms with Gasteiger partial charge in [-0.25, -0.2) is 13.1 Å². The van der Waals surface area contributed by atoms with Crippen LogP contribution in [-0.2, 0) is 20.1 Å². The van der Waals surface area contributed by atoms with E-state index >= 15 is 0 Å². The van der Waals surface area contributed by atoms with Crippen LogP contribution in [0.4, 0.5) is 0 Å². The van der Waals surface area contributed by atoms with Gasteiger partial charge in [0.15, 0.2) is 5.44 Å². The van der Waals surface area contributed by atoms with Crippen molar-refractivity contribution in [2.24, 2.45) is 5.92 Å². The first-order valence-corrected chi connectivity index (χ1v) is 8.61. The van der Waals surface area contributed by atoms with Gasteiger partial charge in [0.2, 0.25) is 10.0 Å². The minimum atomic E-state index is -4.44. The molecule has 0 aromatic carbocycles. The standard InChI is InChI=1S/C8H17NO6S2/c1-16(11,12)9-7-4-2-6(3-5-7)8(10)17(13,14)15/h6-10H,2-5H2,1H3,(H,13,14,15). The SMILES string of the molecule is CS(=O)(=O)NC1CCC(C(O)S(=O)(=O)O)CC1. The summed E-state index contributed by atoms with van der Waals surface area (Å²) in [6, 6.07) is -0.227. The van der Waals surface area contributed by atoms with Crippen LogP contribution in [0.1, 0.15) is 25.7 Å². The number of hydrogen-bond acceptors (Lipinski definition) is 5. The zero-order valence-electron chi connectivity index (χ0n) is 9.40. The summed E-state index contributed by atoms with van der Waals surface area (Å²) in [7, 11) is -7.71. The van der Waals surface area contributed by atoms with Crippen molar-refractivity contribution < 1.29 is 26.5 Å². The van der Waals surface area contributed by atoms with E-state index < -0.39 is 31.5 Å². The molecule has 0 radical (unpaired) electrons. The molecule has 7 nitrogen and oxygen atoms in total. The summed E-state index contributed by atoms with van der Waals surface area (Å²) in [5.74, 6) is -0.539. The van der Waals surface area contributed by atoms with Crippen molar-refractivity contribution >= 4 is 20.1 Å². The fraction of sp³-hybridized carbons (Fsp3) is 1.00. The average molecular weight is 287 g/mol. The van der Waals surface area contributed by atoms with Crippen LogP contribution in [-0.4, -0.2) is 44.2 Å². The maximum Gasteiger partial charge on any atom is 0.292 e. The maximum atomic E-state index is 11.0. The van der Waals surface area contributed by atoms with E-state index in [0.717, 1.165) is 6.26 Å². The van der Waals surface area contributed by atoms with Gasteiger partial charge in [-0.05, 0) is 25.7 Å². The number of nitrogens with one attached hydrogen (secondary N) is 1. The first-order chi connectivity index (χ1) is 7.59. The normalized spacial score (nSPS) is 28.9. The van der Waals surface area contributed by atoms with E-state index in [4.69, 9.17) is 4.55 Å². The van der Waals surface area contributed by atoms with Crippen LogP contribution >= 0.6 is 0 Å². The molecular formula is C8H17NO6S2. The molecule has 1 aliphatic carbocycles. The molecule has 1 fully saturated rings. The third-order valence-electron chi connectivity index (χ3n) is 2.86. The molecule has 9 heteroatoms. The fourth-order valence-electron chi connectivity index (χ4n) is 2.07. The number of sulfonamides is 1. The molecular weight excluding hydrogens is 270 g/mol. The van der Waals surface area contributed by atoms with Crippen LogP contribution in [0, 0.1) is 5.92 Å². The monoisotopic (exact) mass is 287 g/mol. The molecule has 17 heavy (non-hydrogen) atoms. The number of aliphatic hydroxyl groups is 1. The van der Waals surface area contributed by atoms with Crippen LogP contribution in [0.3, 0.4) is 0 Å². The molecule has 1 atom stereocenters. The zero-order chi connectivity index (χ0) is 13.3. The smallest absolute Gasteiger partial charge is 0.292 e. The van der Waals surface area contributed by atoms with Crippen molar-refractivity contribution in [2.75, 3.05) is 6.26 Å². The van der Waals surface area contributed by atoms with Gasteiger partial charge in [0, 0.05) is 12.0 Å². The van der Waals surface area contributed by atoms with Gasteiger partial charge in [0.05, 0.1) is 6.26 Å². The predicted molar refractivity (Wildman–Crippen MR) is 61.3 cm³/mol. The Kier molecular flexibility index (Phi) is 4.53. The maximum absolute atomic E-state index is 11.0. The zero-order valence-corrected chi connectivity index (χ0v) is 11.0. The summed E-state index contributed by atoms with van der Waals surface area (Å²) in [5, 5.41) is 9.35. The van der Waals surface area contributed by atoms with Crippen LogP contribution in [0.15, 0.2) is 0 Å². The van der Waals surface area contributed by atoms with Gasteiger partial charge in [0.25, 0.3) is 10.1 Å². The molecule has 0 aromatic heterocycles. The van der Waals surface area contributed by atoms with Gasteiger partial charge in [-0.2, -0.15) is 8.42 Å². The first-order valence-electron chi connectivity index (χ1n) is 5.21. The highest BCUT2D eigenvalue weighted by atomic mass is 32.2. The predicted octanol–water partition coefficient (Wildman–Crippen LogP) is -0.699. The van der Waals surface area contributed by atoms with Gasteiger partial charge >= 0.3 is 0 Å². The van der Waals surface area contributed by atoms with E-state index in [0.29, 0.717) is 25.7 Å². The molecule has 0 aliphatic heterocycles. The topological polar surface area (TPSA) is 121 Å². The van der Waals surface area contributed by atoms with Crippen molar-refractivity contribution in [3.05, 3.63) is 0 Å². The Morgan fingerprint density at radius 1 is 1.12 bits per heavy atom. The van der Waals surface area contributed by atoms with E-state index in [2.05, 4.69) is 4.72 Å². The molecule has 0 spiro atoms. The first kappa shape index (κ1) is 14.8. The van der Waals surface area contributed by atoms with E-state index in [-0.39, 0.29) is 6.04 Å². The molecule has 0 heterocycles. The van der Waals surface area contributed by atoms with E-state index in [1.165, 1.54) is 0 Å². The van der Waals surface area contributed by atoms with E-state index in [1.54, 1.807) is 0 Å². The van der Waals surface area contributed by atoms with Crippen molar-refractivity contribution in [3.8, 4) is 0 Å². The number of aliphatic hydroxyl groups excluding tert-OH is 1. The minimum absolute atomic E-state index is 0.227. The Labute approximate surface area is 101 Å². The Morgan fingerprint density at radius 2 is 1.59 bits per heavy atom. The molecule has 0 saturated heterocycles. The highest BCUT2D eigenvalue weighted by Gasteiger charge is 2.33. The number of rotatable bonds is 4. The van der Waals surface area contributed by atoms with E-state index in [1.807, 2.05) is 0 Å². The van der Waals surface area contributed by atoms with Gasteiger partial charge in [-0.3, -0.25) is 4.55 Å². The lowest BCUT2D eigenvalue weighted by Gasteiger charge is -2.30. The lowest BCUT2D eigenvalue weighted by molar-refractivity contribution is 0.133.